The molecule has 0 aliphatic rings. The van der Waals surface area contributed by atoms with E-state index in [0.717, 1.165) is 22.4 Å². The van der Waals surface area contributed by atoms with Gasteiger partial charge in [0.1, 0.15) is 12.4 Å². The van der Waals surface area contributed by atoms with Gasteiger partial charge in [0.2, 0.25) is 5.91 Å². The fourth-order valence-electron chi connectivity index (χ4n) is 2.54. The van der Waals surface area contributed by atoms with E-state index in [2.05, 4.69) is 31.0 Å². The second-order valence-electron chi connectivity index (χ2n) is 5.47. The monoisotopic (exact) mass is 305 g/mol. The minimum Gasteiger partial charge on any atom is -0.351 e. The Hall–Kier alpha value is -2.88. The number of aryl methyl sites for hydroxylation is 1. The molecule has 116 valence electrons. The van der Waals surface area contributed by atoms with E-state index < -0.39 is 0 Å². The van der Waals surface area contributed by atoms with Crippen LogP contribution in [0.1, 0.15) is 5.56 Å². The molecule has 0 saturated carbocycles. The third kappa shape index (κ3) is 3.16. The second-order valence-corrected chi connectivity index (χ2v) is 5.47. The highest BCUT2D eigenvalue weighted by molar-refractivity contribution is 5.84. The summed E-state index contributed by atoms with van der Waals surface area (Å²) in [7, 11) is 0. The molecule has 1 aromatic heterocycles. The number of rotatable bonds is 5. The van der Waals surface area contributed by atoms with Crippen LogP contribution in [-0.4, -0.2) is 22.0 Å². The SMILES string of the molecule is C=CCNC(=O)Cn1c(-c2ccc(C)cc2)nc2ccccc21. The van der Waals surface area contributed by atoms with Crippen molar-refractivity contribution in [2.24, 2.45) is 0 Å². The standard InChI is InChI=1S/C19H19N3O/c1-3-12-20-18(23)13-22-17-7-5-4-6-16(17)21-19(22)15-10-8-14(2)9-11-15/h3-11H,1,12-13H2,2H3,(H,20,23). The number of carbonyl (C=O) groups is 1. The highest BCUT2D eigenvalue weighted by atomic mass is 16.1. The number of aromatic nitrogens is 2. The predicted molar refractivity (Wildman–Crippen MR) is 93.1 cm³/mol. The molecule has 3 aromatic rings. The number of carbonyl (C=O) groups excluding carboxylic acids is 1. The van der Waals surface area contributed by atoms with Crippen LogP contribution in [0.3, 0.4) is 0 Å². The first-order chi connectivity index (χ1) is 11.2. The summed E-state index contributed by atoms with van der Waals surface area (Å²) in [5.74, 6) is 0.751. The summed E-state index contributed by atoms with van der Waals surface area (Å²) in [6.07, 6.45) is 1.67. The van der Waals surface area contributed by atoms with E-state index in [1.807, 2.05) is 41.0 Å². The fraction of sp³-hybridized carbons (Fsp3) is 0.158. The van der Waals surface area contributed by atoms with Crippen LogP contribution >= 0.6 is 0 Å². The van der Waals surface area contributed by atoms with Gasteiger partial charge in [0.15, 0.2) is 0 Å². The van der Waals surface area contributed by atoms with Gasteiger partial charge >= 0.3 is 0 Å². The highest BCUT2D eigenvalue weighted by Gasteiger charge is 2.14. The molecule has 0 saturated heterocycles. The van der Waals surface area contributed by atoms with E-state index in [-0.39, 0.29) is 12.5 Å². The summed E-state index contributed by atoms with van der Waals surface area (Å²) in [6.45, 7) is 6.37. The molecular formula is C19H19N3O. The van der Waals surface area contributed by atoms with E-state index in [1.165, 1.54) is 5.56 Å². The fourth-order valence-corrected chi connectivity index (χ4v) is 2.54. The first-order valence-corrected chi connectivity index (χ1v) is 7.59. The number of benzene rings is 2. The van der Waals surface area contributed by atoms with Crippen LogP contribution in [0.25, 0.3) is 22.4 Å². The van der Waals surface area contributed by atoms with Crippen LogP contribution in [0.2, 0.25) is 0 Å². The Morgan fingerprint density at radius 1 is 1.22 bits per heavy atom. The summed E-state index contributed by atoms with van der Waals surface area (Å²) in [5, 5.41) is 2.82. The lowest BCUT2D eigenvalue weighted by Gasteiger charge is -2.09. The zero-order chi connectivity index (χ0) is 16.2. The van der Waals surface area contributed by atoms with Crippen LogP contribution < -0.4 is 5.32 Å². The molecule has 4 heteroatoms. The lowest BCUT2D eigenvalue weighted by molar-refractivity contribution is -0.121. The van der Waals surface area contributed by atoms with E-state index >= 15 is 0 Å². The largest absolute Gasteiger partial charge is 0.351 e. The van der Waals surface area contributed by atoms with Gasteiger partial charge in [-0.2, -0.15) is 0 Å². The molecule has 2 aromatic carbocycles. The molecule has 0 spiro atoms. The van der Waals surface area contributed by atoms with Crippen LogP contribution in [0, 0.1) is 6.92 Å². The number of amides is 1. The number of fused-ring (bicyclic) bond motifs is 1. The number of para-hydroxylation sites is 2. The number of imidazole rings is 1. The Labute approximate surface area is 135 Å². The Morgan fingerprint density at radius 2 is 1.96 bits per heavy atom. The summed E-state index contributed by atoms with van der Waals surface area (Å²) >= 11 is 0. The molecule has 0 aliphatic carbocycles. The molecule has 4 nitrogen and oxygen atoms in total. The summed E-state index contributed by atoms with van der Waals surface area (Å²) in [4.78, 5) is 16.9. The first kappa shape index (κ1) is 15.0. The normalized spacial score (nSPS) is 10.7. The van der Waals surface area contributed by atoms with Gasteiger partial charge < -0.3 is 9.88 Å². The summed E-state index contributed by atoms with van der Waals surface area (Å²) < 4.78 is 1.96. The van der Waals surface area contributed by atoms with Crippen molar-refractivity contribution >= 4 is 16.9 Å². The zero-order valence-electron chi connectivity index (χ0n) is 13.1. The van der Waals surface area contributed by atoms with E-state index in [1.54, 1.807) is 6.08 Å². The van der Waals surface area contributed by atoms with Gasteiger partial charge in [-0.15, -0.1) is 6.58 Å². The molecule has 3 rings (SSSR count). The van der Waals surface area contributed by atoms with Gasteiger partial charge in [0.05, 0.1) is 11.0 Å². The van der Waals surface area contributed by atoms with Crippen molar-refractivity contribution in [1.82, 2.24) is 14.9 Å². The van der Waals surface area contributed by atoms with E-state index in [9.17, 15) is 4.79 Å². The van der Waals surface area contributed by atoms with Crippen molar-refractivity contribution in [3.8, 4) is 11.4 Å². The highest BCUT2D eigenvalue weighted by Crippen LogP contribution is 2.25. The first-order valence-electron chi connectivity index (χ1n) is 7.59. The number of hydrogen-bond donors (Lipinski definition) is 1. The molecule has 0 atom stereocenters. The van der Waals surface area contributed by atoms with Crippen molar-refractivity contribution in [2.75, 3.05) is 6.54 Å². The lowest BCUT2D eigenvalue weighted by Crippen LogP contribution is -2.27. The maximum Gasteiger partial charge on any atom is 0.240 e. The summed E-state index contributed by atoms with van der Waals surface area (Å²) in [5.41, 5.74) is 4.04. The molecule has 0 bridgehead atoms. The molecule has 0 fully saturated rings. The zero-order valence-corrected chi connectivity index (χ0v) is 13.1. The molecule has 1 heterocycles. The maximum absolute atomic E-state index is 12.1. The van der Waals surface area contributed by atoms with Gasteiger partial charge in [-0.1, -0.05) is 48.0 Å². The van der Waals surface area contributed by atoms with E-state index in [0.29, 0.717) is 6.54 Å². The lowest BCUT2D eigenvalue weighted by atomic mass is 10.1. The summed E-state index contributed by atoms with van der Waals surface area (Å²) in [6, 6.07) is 16.0. The molecule has 1 N–H and O–H groups in total. The van der Waals surface area contributed by atoms with Crippen molar-refractivity contribution in [3.63, 3.8) is 0 Å². The average molecular weight is 305 g/mol. The Morgan fingerprint density at radius 3 is 2.70 bits per heavy atom. The van der Waals surface area contributed by atoms with Gasteiger partial charge in [0.25, 0.3) is 0 Å². The third-order valence-electron chi connectivity index (χ3n) is 3.71. The average Bonchev–Trinajstić information content (AvgIpc) is 2.92. The molecule has 23 heavy (non-hydrogen) atoms. The molecular weight excluding hydrogens is 286 g/mol. The van der Waals surface area contributed by atoms with Crippen molar-refractivity contribution in [3.05, 3.63) is 66.7 Å². The quantitative estimate of drug-likeness (QED) is 0.735. The molecule has 0 aliphatic heterocycles. The second kappa shape index (κ2) is 6.48. The predicted octanol–water partition coefficient (Wildman–Crippen LogP) is 3.31. The van der Waals surface area contributed by atoms with Crippen molar-refractivity contribution in [2.45, 2.75) is 13.5 Å². The smallest absolute Gasteiger partial charge is 0.240 e. The number of nitrogens with one attached hydrogen (secondary N) is 1. The van der Waals surface area contributed by atoms with Crippen molar-refractivity contribution < 1.29 is 4.79 Å². The van der Waals surface area contributed by atoms with Gasteiger partial charge in [0, 0.05) is 12.1 Å². The third-order valence-corrected chi connectivity index (χ3v) is 3.71. The van der Waals surface area contributed by atoms with E-state index in [4.69, 9.17) is 4.98 Å². The minimum absolute atomic E-state index is 0.0542. The number of hydrogen-bond acceptors (Lipinski definition) is 2. The van der Waals surface area contributed by atoms with Crippen LogP contribution in [0.4, 0.5) is 0 Å². The van der Waals surface area contributed by atoms with Crippen LogP contribution in [0.15, 0.2) is 61.2 Å². The van der Waals surface area contributed by atoms with Crippen LogP contribution in [-0.2, 0) is 11.3 Å². The van der Waals surface area contributed by atoms with Crippen LogP contribution in [0.5, 0.6) is 0 Å². The van der Waals surface area contributed by atoms with Gasteiger partial charge in [-0.25, -0.2) is 4.98 Å². The molecule has 1 amide bonds. The topological polar surface area (TPSA) is 46.9 Å². The minimum atomic E-state index is -0.0542. The Balaban J connectivity index is 2.05. The molecule has 0 radical (unpaired) electrons. The maximum atomic E-state index is 12.1. The number of nitrogens with zero attached hydrogens (tertiary/aromatic N) is 2. The van der Waals surface area contributed by atoms with Crippen molar-refractivity contribution in [1.29, 1.82) is 0 Å². The molecule has 0 unspecified atom stereocenters. The van der Waals surface area contributed by atoms with Gasteiger partial charge in [-0.3, -0.25) is 4.79 Å². The Kier molecular flexibility index (Phi) is 4.24. The van der Waals surface area contributed by atoms with Gasteiger partial charge in [-0.05, 0) is 19.1 Å². The Bertz CT molecular complexity index is 847.